The SMILES string of the molecule is CCNC(=NCc1ccc(OC)c(OCC)c1)NCCCn1nc(C)cc1C. The number of methoxy groups -OCH3 is 1. The van der Waals surface area contributed by atoms with Gasteiger partial charge in [0, 0.05) is 25.3 Å². The number of guanidine groups is 1. The van der Waals surface area contributed by atoms with Gasteiger partial charge in [0.25, 0.3) is 0 Å². The van der Waals surface area contributed by atoms with Crippen LogP contribution in [0, 0.1) is 13.8 Å². The Kier molecular flexibility index (Phi) is 8.65. The van der Waals surface area contributed by atoms with Gasteiger partial charge >= 0.3 is 0 Å². The molecule has 0 aliphatic heterocycles. The Bertz CT molecular complexity index is 770. The van der Waals surface area contributed by atoms with Crippen molar-refractivity contribution in [3.63, 3.8) is 0 Å². The van der Waals surface area contributed by atoms with Gasteiger partial charge in [0.1, 0.15) is 0 Å². The zero-order valence-corrected chi connectivity index (χ0v) is 17.7. The van der Waals surface area contributed by atoms with Crippen LogP contribution < -0.4 is 20.1 Å². The van der Waals surface area contributed by atoms with Crippen LogP contribution in [0.1, 0.15) is 37.2 Å². The summed E-state index contributed by atoms with van der Waals surface area (Å²) in [5.74, 6) is 2.30. The fourth-order valence-corrected chi connectivity index (χ4v) is 2.94. The van der Waals surface area contributed by atoms with E-state index in [4.69, 9.17) is 9.47 Å². The van der Waals surface area contributed by atoms with Crippen molar-refractivity contribution < 1.29 is 9.47 Å². The number of hydrogen-bond donors (Lipinski definition) is 2. The van der Waals surface area contributed by atoms with Crippen molar-refractivity contribution in [3.8, 4) is 11.5 Å². The quantitative estimate of drug-likeness (QED) is 0.372. The highest BCUT2D eigenvalue weighted by Gasteiger charge is 2.06. The van der Waals surface area contributed by atoms with E-state index in [0.29, 0.717) is 13.2 Å². The van der Waals surface area contributed by atoms with Crippen LogP contribution in [0.25, 0.3) is 0 Å². The average Bonchev–Trinajstić information content (AvgIpc) is 3.00. The zero-order valence-electron chi connectivity index (χ0n) is 17.7. The van der Waals surface area contributed by atoms with E-state index in [0.717, 1.165) is 54.8 Å². The van der Waals surface area contributed by atoms with E-state index in [9.17, 15) is 0 Å². The summed E-state index contributed by atoms with van der Waals surface area (Å²) in [7, 11) is 1.65. The topological polar surface area (TPSA) is 72.7 Å². The maximum Gasteiger partial charge on any atom is 0.191 e. The zero-order chi connectivity index (χ0) is 20.4. The number of aromatic nitrogens is 2. The summed E-state index contributed by atoms with van der Waals surface area (Å²) in [6.45, 7) is 11.8. The molecule has 0 aliphatic rings. The standard InChI is InChI=1S/C21H33N5O2/c1-6-22-21(23-11-8-12-26-17(4)13-16(3)25-26)24-15-18-9-10-19(27-5)20(14-18)28-7-2/h9-10,13-14H,6-8,11-12,15H2,1-5H3,(H2,22,23,24). The van der Waals surface area contributed by atoms with Crippen LogP contribution in [0.5, 0.6) is 11.5 Å². The number of rotatable bonds is 10. The maximum absolute atomic E-state index is 5.64. The molecule has 0 saturated carbocycles. The highest BCUT2D eigenvalue weighted by atomic mass is 16.5. The molecular weight excluding hydrogens is 354 g/mol. The molecule has 0 fully saturated rings. The second kappa shape index (κ2) is 11.2. The molecule has 0 unspecified atom stereocenters. The molecule has 2 aromatic rings. The third-order valence-corrected chi connectivity index (χ3v) is 4.23. The molecule has 1 heterocycles. The summed E-state index contributed by atoms with van der Waals surface area (Å²) in [4.78, 5) is 4.68. The number of ether oxygens (including phenoxy) is 2. The van der Waals surface area contributed by atoms with Gasteiger partial charge in [-0.15, -0.1) is 0 Å². The summed E-state index contributed by atoms with van der Waals surface area (Å²) in [6, 6.07) is 8.02. The lowest BCUT2D eigenvalue weighted by Crippen LogP contribution is -2.38. The minimum Gasteiger partial charge on any atom is -0.493 e. The van der Waals surface area contributed by atoms with Crippen LogP contribution >= 0.6 is 0 Å². The van der Waals surface area contributed by atoms with Gasteiger partial charge in [0.05, 0.1) is 26.0 Å². The monoisotopic (exact) mass is 387 g/mol. The van der Waals surface area contributed by atoms with E-state index in [1.807, 2.05) is 36.7 Å². The van der Waals surface area contributed by atoms with E-state index in [1.165, 1.54) is 5.69 Å². The first-order chi connectivity index (χ1) is 13.6. The molecule has 28 heavy (non-hydrogen) atoms. The molecule has 154 valence electrons. The van der Waals surface area contributed by atoms with Crippen molar-refractivity contribution in [1.82, 2.24) is 20.4 Å². The Hall–Kier alpha value is -2.70. The van der Waals surface area contributed by atoms with Crippen molar-refractivity contribution in [2.45, 2.75) is 47.2 Å². The van der Waals surface area contributed by atoms with Gasteiger partial charge in [-0.3, -0.25) is 4.68 Å². The summed E-state index contributed by atoms with van der Waals surface area (Å²) in [6.07, 6.45) is 0.976. The molecule has 0 saturated heterocycles. The predicted octanol–water partition coefficient (Wildman–Crippen LogP) is 3.05. The number of hydrogen-bond acceptors (Lipinski definition) is 4. The van der Waals surface area contributed by atoms with E-state index < -0.39 is 0 Å². The van der Waals surface area contributed by atoms with Crippen molar-refractivity contribution in [1.29, 1.82) is 0 Å². The Labute approximate surface area is 168 Å². The van der Waals surface area contributed by atoms with Gasteiger partial charge in [0.15, 0.2) is 17.5 Å². The smallest absolute Gasteiger partial charge is 0.191 e. The fraction of sp³-hybridized carbons (Fsp3) is 0.524. The normalized spacial score (nSPS) is 11.4. The first kappa shape index (κ1) is 21.6. The number of aliphatic imine (C=N–C) groups is 1. The molecule has 7 nitrogen and oxygen atoms in total. The Morgan fingerprint density at radius 1 is 1.14 bits per heavy atom. The van der Waals surface area contributed by atoms with Crippen LogP contribution in [-0.2, 0) is 13.1 Å². The summed E-state index contributed by atoms with van der Waals surface area (Å²) >= 11 is 0. The fourth-order valence-electron chi connectivity index (χ4n) is 2.94. The number of nitrogens with one attached hydrogen (secondary N) is 2. The lowest BCUT2D eigenvalue weighted by Gasteiger charge is -2.13. The van der Waals surface area contributed by atoms with E-state index in [1.54, 1.807) is 7.11 Å². The summed E-state index contributed by atoms with van der Waals surface area (Å²) in [5.41, 5.74) is 3.33. The van der Waals surface area contributed by atoms with Gasteiger partial charge in [0.2, 0.25) is 0 Å². The Morgan fingerprint density at radius 3 is 2.61 bits per heavy atom. The molecule has 2 rings (SSSR count). The largest absolute Gasteiger partial charge is 0.493 e. The van der Waals surface area contributed by atoms with Crippen LogP contribution in [0.3, 0.4) is 0 Å². The first-order valence-corrected chi connectivity index (χ1v) is 9.90. The maximum atomic E-state index is 5.64. The van der Waals surface area contributed by atoms with Gasteiger partial charge < -0.3 is 20.1 Å². The highest BCUT2D eigenvalue weighted by molar-refractivity contribution is 5.79. The molecule has 0 spiro atoms. The average molecular weight is 388 g/mol. The Morgan fingerprint density at radius 2 is 1.96 bits per heavy atom. The molecule has 0 aliphatic carbocycles. The molecule has 0 atom stereocenters. The third-order valence-electron chi connectivity index (χ3n) is 4.23. The third kappa shape index (κ3) is 6.48. The van der Waals surface area contributed by atoms with Gasteiger partial charge in [-0.2, -0.15) is 5.10 Å². The van der Waals surface area contributed by atoms with Crippen molar-refractivity contribution >= 4 is 5.96 Å². The van der Waals surface area contributed by atoms with Crippen LogP contribution in [0.15, 0.2) is 29.3 Å². The van der Waals surface area contributed by atoms with Gasteiger partial charge in [-0.05, 0) is 57.9 Å². The molecule has 0 amide bonds. The Balaban J connectivity index is 1.90. The number of benzene rings is 1. The highest BCUT2D eigenvalue weighted by Crippen LogP contribution is 2.28. The van der Waals surface area contributed by atoms with E-state index >= 15 is 0 Å². The van der Waals surface area contributed by atoms with Gasteiger partial charge in [-0.25, -0.2) is 4.99 Å². The van der Waals surface area contributed by atoms with Crippen LogP contribution in [0.4, 0.5) is 0 Å². The second-order valence-electron chi connectivity index (χ2n) is 6.54. The molecule has 0 radical (unpaired) electrons. The lowest BCUT2D eigenvalue weighted by atomic mass is 10.2. The minimum atomic E-state index is 0.566. The molecule has 1 aromatic carbocycles. The lowest BCUT2D eigenvalue weighted by molar-refractivity contribution is 0.310. The van der Waals surface area contributed by atoms with E-state index in [2.05, 4.69) is 40.6 Å². The predicted molar refractivity (Wildman–Crippen MR) is 113 cm³/mol. The van der Waals surface area contributed by atoms with E-state index in [-0.39, 0.29) is 0 Å². The molecule has 2 N–H and O–H groups in total. The van der Waals surface area contributed by atoms with Crippen LogP contribution in [-0.4, -0.2) is 42.5 Å². The first-order valence-electron chi connectivity index (χ1n) is 9.90. The number of nitrogens with zero attached hydrogens (tertiary/aromatic N) is 3. The van der Waals surface area contributed by atoms with Crippen LogP contribution in [0.2, 0.25) is 0 Å². The van der Waals surface area contributed by atoms with Crippen molar-refractivity contribution in [3.05, 3.63) is 41.2 Å². The minimum absolute atomic E-state index is 0.566. The van der Waals surface area contributed by atoms with Gasteiger partial charge in [-0.1, -0.05) is 6.07 Å². The van der Waals surface area contributed by atoms with Crippen molar-refractivity contribution in [2.75, 3.05) is 26.8 Å². The molecule has 0 bridgehead atoms. The molecular formula is C21H33N5O2. The summed E-state index contributed by atoms with van der Waals surface area (Å²) < 4.78 is 13.0. The number of aryl methyl sites for hydroxylation is 3. The molecule has 1 aromatic heterocycles. The summed E-state index contributed by atoms with van der Waals surface area (Å²) in [5, 5.41) is 11.2. The molecule has 7 heteroatoms. The second-order valence-corrected chi connectivity index (χ2v) is 6.54. The van der Waals surface area contributed by atoms with Crippen molar-refractivity contribution in [2.24, 2.45) is 4.99 Å².